The van der Waals surface area contributed by atoms with Gasteiger partial charge in [0.1, 0.15) is 13.2 Å². The van der Waals surface area contributed by atoms with E-state index >= 15 is 0 Å². The molecule has 11 heteroatoms. The van der Waals surface area contributed by atoms with Crippen LogP contribution in [-0.2, 0) is 38.0 Å². The number of carbonyl (C=O) groups excluding carboxylic acids is 2. The average molecular weight is 990 g/mol. The second-order valence-corrected chi connectivity index (χ2v) is 19.3. The summed E-state index contributed by atoms with van der Waals surface area (Å²) in [7, 11) is 2.03. The van der Waals surface area contributed by atoms with Gasteiger partial charge in [-0.3, -0.25) is 14.5 Å². The minimum Gasteiger partial charge on any atom is -0.464 e. The number of nitrogens with zero attached hydrogens (tertiary/aromatic N) is 2. The van der Waals surface area contributed by atoms with Gasteiger partial charge in [-0.1, -0.05) is 95.6 Å². The van der Waals surface area contributed by atoms with Crippen molar-refractivity contribution < 1.29 is 43.1 Å². The lowest BCUT2D eigenvalue weighted by Gasteiger charge is -2.39. The highest BCUT2D eigenvalue weighted by molar-refractivity contribution is 5.69. The van der Waals surface area contributed by atoms with Gasteiger partial charge in [-0.2, -0.15) is 0 Å². The molecule has 70 heavy (non-hydrogen) atoms. The molecule has 408 valence electrons. The largest absolute Gasteiger partial charge is 0.464 e. The smallest absolute Gasteiger partial charge is 0.305 e. The zero-order valence-corrected chi connectivity index (χ0v) is 45.8. The van der Waals surface area contributed by atoms with Gasteiger partial charge in [0.15, 0.2) is 12.6 Å². The van der Waals surface area contributed by atoms with Crippen molar-refractivity contribution in [2.75, 3.05) is 72.9 Å². The summed E-state index contributed by atoms with van der Waals surface area (Å²) in [4.78, 5) is 31.3. The molecule has 0 bridgehead atoms. The van der Waals surface area contributed by atoms with Gasteiger partial charge in [-0.25, -0.2) is 0 Å². The number of hydrogen-bond acceptors (Lipinski definition) is 11. The molecule has 0 saturated heterocycles. The van der Waals surface area contributed by atoms with Crippen LogP contribution in [0.25, 0.3) is 0 Å². The summed E-state index contributed by atoms with van der Waals surface area (Å²) < 4.78 is 37.0. The van der Waals surface area contributed by atoms with Gasteiger partial charge in [0.05, 0.1) is 12.6 Å². The molecule has 0 amide bonds. The molecule has 0 aromatic heterocycles. The second-order valence-electron chi connectivity index (χ2n) is 19.3. The van der Waals surface area contributed by atoms with E-state index in [0.29, 0.717) is 64.7 Å². The summed E-state index contributed by atoms with van der Waals surface area (Å²) in [5.41, 5.74) is 0. The quantitative estimate of drug-likeness (QED) is 0.0272. The first-order valence-electron chi connectivity index (χ1n) is 28.8. The molecule has 0 radical (unpaired) electrons. The topological polar surface area (TPSA) is 116 Å². The number of carbonyl (C=O) groups is 2. The van der Waals surface area contributed by atoms with Crippen LogP contribution in [0.4, 0.5) is 0 Å². The summed E-state index contributed by atoms with van der Waals surface area (Å²) in [6, 6.07) is 0.107. The second kappa shape index (κ2) is 50.2. The molecule has 1 rings (SSSR count). The Hall–Kier alpha value is -2.38. The summed E-state index contributed by atoms with van der Waals surface area (Å²) in [5.74, 6) is -0.441. The van der Waals surface area contributed by atoms with Crippen LogP contribution in [-0.4, -0.2) is 124 Å². The number of ether oxygens (including phenoxy) is 6. The highest BCUT2D eigenvalue weighted by atomic mass is 16.7. The summed E-state index contributed by atoms with van der Waals surface area (Å²) in [5, 5.41) is 9.51. The standard InChI is InChI=1S/C59H108N2O9/c1-6-10-14-18-22-33-48-65-58(66-49-34-23-19-15-11-7-2)42-31-29-40-56(63)69-52-55(61(54-38-27-26-28-39-54)45-37-44-60(5)46-47-62)53-70-57(64)41-30-32-43-59(67-50-35-24-20-16-12-8-3)68-51-36-25-21-17-13-9-4/h10-17,54-55,58-59,62H,6-9,18-53H2,1-5H3/b14-10-,15-11-,16-12-,17-13-. The number of aliphatic hydroxyl groups excluding tert-OH is 1. The van der Waals surface area contributed by atoms with Crippen LogP contribution in [0.2, 0.25) is 0 Å². The number of esters is 2. The Morgan fingerprint density at radius 2 is 0.900 bits per heavy atom. The van der Waals surface area contributed by atoms with E-state index in [0.717, 1.165) is 161 Å². The maximum absolute atomic E-state index is 13.4. The molecule has 1 aliphatic rings. The number of likely N-dealkylation sites (N-methyl/N-ethyl adjacent to an activating group) is 1. The molecule has 0 aromatic rings. The molecule has 1 aliphatic carbocycles. The third-order valence-electron chi connectivity index (χ3n) is 12.9. The van der Waals surface area contributed by atoms with Crippen LogP contribution in [0.15, 0.2) is 48.6 Å². The number of allylic oxidation sites excluding steroid dienone is 8. The van der Waals surface area contributed by atoms with Crippen LogP contribution < -0.4 is 0 Å². The molecular weight excluding hydrogens is 881 g/mol. The van der Waals surface area contributed by atoms with E-state index in [1.165, 1.54) is 19.3 Å². The molecule has 1 N–H and O–H groups in total. The third-order valence-corrected chi connectivity index (χ3v) is 12.9. The predicted octanol–water partition coefficient (Wildman–Crippen LogP) is 13.8. The van der Waals surface area contributed by atoms with Gasteiger partial charge in [0.25, 0.3) is 0 Å². The summed E-state index contributed by atoms with van der Waals surface area (Å²) in [6.07, 6.45) is 46.0. The zero-order valence-electron chi connectivity index (χ0n) is 45.8. The first kappa shape index (κ1) is 65.6. The average Bonchev–Trinajstić information content (AvgIpc) is 3.36. The number of hydrogen-bond donors (Lipinski definition) is 1. The highest BCUT2D eigenvalue weighted by Gasteiger charge is 2.30. The molecular formula is C59H108N2O9. The van der Waals surface area contributed by atoms with E-state index in [2.05, 4.69) is 86.1 Å². The molecule has 0 aliphatic heterocycles. The van der Waals surface area contributed by atoms with Gasteiger partial charge < -0.3 is 38.4 Å². The Morgan fingerprint density at radius 3 is 1.27 bits per heavy atom. The van der Waals surface area contributed by atoms with Gasteiger partial charge in [0.2, 0.25) is 0 Å². The molecule has 0 heterocycles. The van der Waals surface area contributed by atoms with Crippen molar-refractivity contribution in [3.63, 3.8) is 0 Å². The number of rotatable bonds is 50. The fraction of sp³-hybridized carbons (Fsp3) is 0.831. The highest BCUT2D eigenvalue weighted by Crippen LogP contribution is 2.25. The van der Waals surface area contributed by atoms with Crippen molar-refractivity contribution in [2.45, 2.75) is 245 Å². The van der Waals surface area contributed by atoms with E-state index in [-0.39, 0.29) is 50.4 Å². The maximum atomic E-state index is 13.4. The van der Waals surface area contributed by atoms with E-state index < -0.39 is 0 Å². The van der Waals surface area contributed by atoms with E-state index in [1.807, 2.05) is 7.05 Å². The molecule has 0 spiro atoms. The molecule has 0 unspecified atom stereocenters. The minimum absolute atomic E-state index is 0.127. The van der Waals surface area contributed by atoms with Crippen LogP contribution in [0, 0.1) is 0 Å². The number of unbranched alkanes of at least 4 members (excludes halogenated alkanes) is 10. The molecule has 0 aromatic carbocycles. The van der Waals surface area contributed by atoms with Crippen LogP contribution >= 0.6 is 0 Å². The lowest BCUT2D eigenvalue weighted by atomic mass is 9.93. The van der Waals surface area contributed by atoms with E-state index in [4.69, 9.17) is 28.4 Å². The fourth-order valence-corrected chi connectivity index (χ4v) is 8.69. The van der Waals surface area contributed by atoms with Crippen molar-refractivity contribution in [1.29, 1.82) is 0 Å². The molecule has 1 saturated carbocycles. The lowest BCUT2D eigenvalue weighted by Crippen LogP contribution is -2.50. The zero-order chi connectivity index (χ0) is 50.8. The SMILES string of the molecule is CC/C=C\CCCCOC(CCCCC(=O)OCC(COC(=O)CCCCC(OCCCC/C=C\CC)OCCCC/C=C\CC)N(CCCN(C)CCO)C1CCCCC1)OCCCC/C=C\CC. The number of aliphatic hydroxyl groups is 1. The Kier molecular flexibility index (Phi) is 47.0. The van der Waals surface area contributed by atoms with Crippen molar-refractivity contribution in [1.82, 2.24) is 9.80 Å². The molecule has 11 nitrogen and oxygen atoms in total. The lowest BCUT2D eigenvalue weighted by molar-refractivity contribution is -0.153. The summed E-state index contributed by atoms with van der Waals surface area (Å²) in [6.45, 7) is 14.1. The first-order valence-corrected chi connectivity index (χ1v) is 28.8. The van der Waals surface area contributed by atoms with Gasteiger partial charge >= 0.3 is 11.9 Å². The van der Waals surface area contributed by atoms with E-state index in [1.54, 1.807) is 0 Å². The van der Waals surface area contributed by atoms with Crippen molar-refractivity contribution >= 4 is 11.9 Å². The Balaban J connectivity index is 2.86. The predicted molar refractivity (Wildman–Crippen MR) is 290 cm³/mol. The molecule has 1 fully saturated rings. The van der Waals surface area contributed by atoms with Gasteiger partial charge in [-0.05, 0) is 174 Å². The van der Waals surface area contributed by atoms with Crippen LogP contribution in [0.1, 0.15) is 220 Å². The fourth-order valence-electron chi connectivity index (χ4n) is 8.69. The minimum atomic E-state index is -0.267. The Morgan fingerprint density at radius 1 is 0.500 bits per heavy atom. The summed E-state index contributed by atoms with van der Waals surface area (Å²) >= 11 is 0. The first-order chi connectivity index (χ1) is 34.4. The van der Waals surface area contributed by atoms with Crippen LogP contribution in [0.3, 0.4) is 0 Å². The molecule has 0 atom stereocenters. The maximum Gasteiger partial charge on any atom is 0.305 e. The van der Waals surface area contributed by atoms with Crippen molar-refractivity contribution in [2.24, 2.45) is 0 Å². The Labute approximate surface area is 429 Å². The normalized spacial score (nSPS) is 14.0. The van der Waals surface area contributed by atoms with Crippen molar-refractivity contribution in [3.8, 4) is 0 Å². The Bertz CT molecular complexity index is 1160. The van der Waals surface area contributed by atoms with Gasteiger partial charge in [-0.15, -0.1) is 0 Å². The monoisotopic (exact) mass is 989 g/mol. The van der Waals surface area contributed by atoms with Crippen molar-refractivity contribution in [3.05, 3.63) is 48.6 Å². The van der Waals surface area contributed by atoms with Crippen LogP contribution in [0.5, 0.6) is 0 Å². The van der Waals surface area contributed by atoms with Gasteiger partial charge in [0, 0.05) is 58.4 Å². The third kappa shape index (κ3) is 40.1. The van der Waals surface area contributed by atoms with E-state index in [9.17, 15) is 14.7 Å².